The van der Waals surface area contributed by atoms with Crippen LogP contribution < -0.4 is 4.74 Å². The molecule has 2 aromatic carbocycles. The van der Waals surface area contributed by atoms with Gasteiger partial charge in [0, 0.05) is 17.1 Å². The lowest BCUT2D eigenvalue weighted by Gasteiger charge is -2.05. The topological polar surface area (TPSA) is 45.2 Å². The van der Waals surface area contributed by atoms with Gasteiger partial charge in [0.15, 0.2) is 0 Å². The van der Waals surface area contributed by atoms with Crippen LogP contribution in [-0.2, 0) is 6.61 Å². The fourth-order valence-electron chi connectivity index (χ4n) is 2.11. The van der Waals surface area contributed by atoms with Crippen LogP contribution in [0.4, 0.5) is 0 Å². The lowest BCUT2D eigenvalue weighted by Crippen LogP contribution is -1.94. The largest absolute Gasteiger partial charge is 0.506 e. The second-order valence-corrected chi connectivity index (χ2v) is 4.62. The number of aromatic amines is 1. The summed E-state index contributed by atoms with van der Waals surface area (Å²) in [7, 11) is 0. The molecule has 3 aromatic rings. The second-order valence-electron chi connectivity index (χ2n) is 4.62. The maximum absolute atomic E-state index is 9.73. The highest BCUT2D eigenvalue weighted by Gasteiger charge is 2.07. The van der Waals surface area contributed by atoms with Crippen molar-refractivity contribution >= 4 is 10.9 Å². The van der Waals surface area contributed by atoms with Gasteiger partial charge in [-0.1, -0.05) is 29.8 Å². The van der Waals surface area contributed by atoms with Gasteiger partial charge in [-0.3, -0.25) is 0 Å². The molecule has 0 atom stereocenters. The van der Waals surface area contributed by atoms with Crippen LogP contribution in [-0.4, -0.2) is 10.1 Å². The van der Waals surface area contributed by atoms with Crippen molar-refractivity contribution in [1.82, 2.24) is 4.98 Å². The maximum atomic E-state index is 9.73. The van der Waals surface area contributed by atoms with Gasteiger partial charge in [-0.25, -0.2) is 0 Å². The Labute approximate surface area is 111 Å². The molecule has 96 valence electrons. The normalized spacial score (nSPS) is 10.8. The van der Waals surface area contributed by atoms with E-state index in [-0.39, 0.29) is 5.75 Å². The zero-order chi connectivity index (χ0) is 13.2. The minimum Gasteiger partial charge on any atom is -0.506 e. The molecule has 0 fully saturated rings. The Morgan fingerprint density at radius 3 is 2.68 bits per heavy atom. The summed E-state index contributed by atoms with van der Waals surface area (Å²) < 4.78 is 5.75. The molecule has 3 rings (SSSR count). The van der Waals surface area contributed by atoms with Gasteiger partial charge in [0.2, 0.25) is 0 Å². The van der Waals surface area contributed by atoms with E-state index in [1.165, 1.54) is 5.56 Å². The van der Waals surface area contributed by atoms with Gasteiger partial charge >= 0.3 is 0 Å². The fourth-order valence-corrected chi connectivity index (χ4v) is 2.11. The van der Waals surface area contributed by atoms with E-state index in [1.807, 2.05) is 49.5 Å². The molecule has 0 saturated carbocycles. The van der Waals surface area contributed by atoms with Gasteiger partial charge in [0.25, 0.3) is 0 Å². The summed E-state index contributed by atoms with van der Waals surface area (Å²) in [6, 6.07) is 13.4. The van der Waals surface area contributed by atoms with E-state index < -0.39 is 0 Å². The number of hydrogen-bond donors (Lipinski definition) is 2. The van der Waals surface area contributed by atoms with Gasteiger partial charge in [0.05, 0.1) is 5.52 Å². The first-order valence-electron chi connectivity index (χ1n) is 6.21. The highest BCUT2D eigenvalue weighted by molar-refractivity contribution is 5.87. The molecule has 3 heteroatoms. The number of aromatic nitrogens is 1. The van der Waals surface area contributed by atoms with Crippen LogP contribution in [0, 0.1) is 6.92 Å². The van der Waals surface area contributed by atoms with Gasteiger partial charge in [0.1, 0.15) is 18.1 Å². The van der Waals surface area contributed by atoms with Gasteiger partial charge in [-0.05, 0) is 25.1 Å². The van der Waals surface area contributed by atoms with Crippen LogP contribution in [0.1, 0.15) is 11.1 Å². The monoisotopic (exact) mass is 253 g/mol. The van der Waals surface area contributed by atoms with Crippen molar-refractivity contribution in [2.45, 2.75) is 13.5 Å². The number of aromatic hydroxyl groups is 1. The Morgan fingerprint density at radius 2 is 1.89 bits per heavy atom. The zero-order valence-electron chi connectivity index (χ0n) is 10.7. The number of ether oxygens (including phenoxy) is 1. The summed E-state index contributed by atoms with van der Waals surface area (Å²) in [5.74, 6) is 1.11. The van der Waals surface area contributed by atoms with Crippen molar-refractivity contribution in [3.8, 4) is 11.5 Å². The molecule has 0 unspecified atom stereocenters. The summed E-state index contributed by atoms with van der Waals surface area (Å²) in [6.45, 7) is 2.53. The van der Waals surface area contributed by atoms with E-state index in [0.717, 1.165) is 22.2 Å². The Kier molecular flexibility index (Phi) is 2.88. The molecule has 0 aliphatic heterocycles. The summed E-state index contributed by atoms with van der Waals surface area (Å²) in [5, 5.41) is 10.7. The number of aryl methyl sites for hydroxylation is 1. The van der Waals surface area contributed by atoms with Crippen LogP contribution in [0.3, 0.4) is 0 Å². The molecule has 0 radical (unpaired) electrons. The molecule has 2 N–H and O–H groups in total. The fraction of sp³-hybridized carbons (Fsp3) is 0.125. The first kappa shape index (κ1) is 11.7. The third-order valence-electron chi connectivity index (χ3n) is 3.19. The lowest BCUT2D eigenvalue weighted by molar-refractivity contribution is 0.307. The van der Waals surface area contributed by atoms with Crippen molar-refractivity contribution in [3.63, 3.8) is 0 Å². The van der Waals surface area contributed by atoms with Crippen LogP contribution in [0.5, 0.6) is 11.5 Å². The number of phenolic OH excluding ortho intramolecular Hbond substituents is 1. The number of para-hydroxylation sites is 1. The van der Waals surface area contributed by atoms with Gasteiger partial charge < -0.3 is 14.8 Å². The first-order valence-corrected chi connectivity index (χ1v) is 6.21. The molecule has 1 aromatic heterocycles. The molecule has 0 saturated heterocycles. The smallest absolute Gasteiger partial charge is 0.139 e. The first-order chi connectivity index (χ1) is 9.24. The third-order valence-corrected chi connectivity index (χ3v) is 3.19. The number of phenols is 1. The second kappa shape index (κ2) is 4.69. The molecule has 0 aliphatic rings. The van der Waals surface area contributed by atoms with Crippen LogP contribution in [0.15, 0.2) is 48.7 Å². The minimum atomic E-state index is 0.263. The quantitative estimate of drug-likeness (QED) is 0.746. The Balaban J connectivity index is 1.82. The van der Waals surface area contributed by atoms with E-state index in [1.54, 1.807) is 6.07 Å². The summed E-state index contributed by atoms with van der Waals surface area (Å²) in [5.41, 5.74) is 3.00. The van der Waals surface area contributed by atoms with E-state index in [4.69, 9.17) is 4.74 Å². The van der Waals surface area contributed by atoms with Crippen molar-refractivity contribution in [2.24, 2.45) is 0 Å². The highest BCUT2D eigenvalue weighted by Crippen LogP contribution is 2.26. The zero-order valence-corrected chi connectivity index (χ0v) is 10.7. The molecule has 0 aliphatic carbocycles. The van der Waals surface area contributed by atoms with Crippen LogP contribution in [0.25, 0.3) is 10.9 Å². The Morgan fingerprint density at radius 1 is 1.11 bits per heavy atom. The lowest BCUT2D eigenvalue weighted by atomic mass is 10.2. The molecule has 3 nitrogen and oxygen atoms in total. The van der Waals surface area contributed by atoms with Crippen molar-refractivity contribution in [1.29, 1.82) is 0 Å². The maximum Gasteiger partial charge on any atom is 0.139 e. The van der Waals surface area contributed by atoms with E-state index in [0.29, 0.717) is 6.61 Å². The van der Waals surface area contributed by atoms with Gasteiger partial charge in [-0.15, -0.1) is 0 Å². The van der Waals surface area contributed by atoms with E-state index in [2.05, 4.69) is 4.98 Å². The van der Waals surface area contributed by atoms with Crippen LogP contribution >= 0.6 is 0 Å². The van der Waals surface area contributed by atoms with Crippen molar-refractivity contribution in [2.75, 3.05) is 0 Å². The molecular formula is C16H15NO2. The molecule has 0 spiro atoms. The summed E-state index contributed by atoms with van der Waals surface area (Å²) >= 11 is 0. The summed E-state index contributed by atoms with van der Waals surface area (Å²) in [4.78, 5) is 3.07. The number of fused-ring (bicyclic) bond motifs is 1. The number of nitrogens with one attached hydrogen (secondary N) is 1. The predicted octanol–water partition coefficient (Wildman–Crippen LogP) is 3.76. The van der Waals surface area contributed by atoms with Crippen LogP contribution in [0.2, 0.25) is 0 Å². The molecular weight excluding hydrogens is 238 g/mol. The van der Waals surface area contributed by atoms with Crippen molar-refractivity contribution < 1.29 is 9.84 Å². The number of hydrogen-bond acceptors (Lipinski definition) is 2. The average molecular weight is 253 g/mol. The SMILES string of the molecule is Cc1ccc(OCc2c[nH]c3c(O)cccc23)cc1. The molecule has 19 heavy (non-hydrogen) atoms. The minimum absolute atomic E-state index is 0.263. The summed E-state index contributed by atoms with van der Waals surface area (Å²) in [6.07, 6.45) is 1.87. The Hall–Kier alpha value is -2.42. The molecule has 0 bridgehead atoms. The third kappa shape index (κ3) is 2.27. The predicted molar refractivity (Wildman–Crippen MR) is 75.5 cm³/mol. The van der Waals surface area contributed by atoms with Gasteiger partial charge in [-0.2, -0.15) is 0 Å². The molecule has 0 amide bonds. The standard InChI is InChI=1S/C16H15NO2/c1-11-5-7-13(8-6-11)19-10-12-9-17-16-14(12)3-2-4-15(16)18/h2-9,17-18H,10H2,1H3. The number of rotatable bonds is 3. The Bertz CT molecular complexity index is 698. The average Bonchev–Trinajstić information content (AvgIpc) is 2.83. The number of benzene rings is 2. The van der Waals surface area contributed by atoms with Crippen molar-refractivity contribution in [3.05, 3.63) is 59.8 Å². The van der Waals surface area contributed by atoms with E-state index in [9.17, 15) is 5.11 Å². The molecule has 1 heterocycles. The number of H-pyrrole nitrogens is 1. The van der Waals surface area contributed by atoms with E-state index >= 15 is 0 Å². The highest BCUT2D eigenvalue weighted by atomic mass is 16.5.